The van der Waals surface area contributed by atoms with Crippen LogP contribution < -0.4 is 5.73 Å². The fourth-order valence-corrected chi connectivity index (χ4v) is 2.33. The number of carbonyl (C=O) groups is 1. The van der Waals surface area contributed by atoms with Crippen LogP contribution in [0.3, 0.4) is 0 Å². The topological polar surface area (TPSA) is 78.9 Å². The molecule has 0 saturated heterocycles. The smallest absolute Gasteiger partial charge is 0.222 e. The molecule has 3 N–H and O–H groups in total. The van der Waals surface area contributed by atoms with Crippen molar-refractivity contribution in [3.63, 3.8) is 0 Å². The van der Waals surface area contributed by atoms with E-state index in [0.29, 0.717) is 19.4 Å². The van der Waals surface area contributed by atoms with Crippen LogP contribution in [0.5, 0.6) is 0 Å². The van der Waals surface area contributed by atoms with E-state index in [0.717, 1.165) is 12.8 Å². The second kappa shape index (κ2) is 12.5. The van der Waals surface area contributed by atoms with Crippen molar-refractivity contribution in [3.8, 4) is 0 Å². The molecule has 0 aromatic heterocycles. The largest absolute Gasteiger partial charge is 0.409 e. The van der Waals surface area contributed by atoms with Gasteiger partial charge in [-0.3, -0.25) is 4.79 Å². The van der Waals surface area contributed by atoms with E-state index < -0.39 is 0 Å². The van der Waals surface area contributed by atoms with E-state index in [1.54, 1.807) is 0 Å². The molecular weight excluding hydrogens is 266 g/mol. The van der Waals surface area contributed by atoms with Crippen molar-refractivity contribution >= 4 is 11.7 Å². The van der Waals surface area contributed by atoms with E-state index in [1.807, 2.05) is 18.7 Å². The molecule has 0 spiro atoms. The van der Waals surface area contributed by atoms with Crippen molar-refractivity contribution < 1.29 is 10.0 Å². The van der Waals surface area contributed by atoms with Crippen molar-refractivity contribution in [3.05, 3.63) is 0 Å². The minimum atomic E-state index is 0.147. The van der Waals surface area contributed by atoms with Gasteiger partial charge in [0.25, 0.3) is 0 Å². The molecule has 0 fully saturated rings. The molecule has 0 unspecified atom stereocenters. The fraction of sp³-hybridized carbons (Fsp3) is 0.875. The minimum Gasteiger partial charge on any atom is -0.409 e. The van der Waals surface area contributed by atoms with Gasteiger partial charge in [0, 0.05) is 25.4 Å². The highest BCUT2D eigenvalue weighted by Crippen LogP contribution is 2.11. The number of hydrogen-bond acceptors (Lipinski definition) is 3. The zero-order chi connectivity index (χ0) is 16.1. The number of amidine groups is 1. The summed E-state index contributed by atoms with van der Waals surface area (Å²) in [5.41, 5.74) is 5.46. The summed E-state index contributed by atoms with van der Waals surface area (Å²) in [7, 11) is 0. The summed E-state index contributed by atoms with van der Waals surface area (Å²) in [4.78, 5) is 14.0. The summed E-state index contributed by atoms with van der Waals surface area (Å²) < 4.78 is 0. The molecule has 0 aliphatic carbocycles. The van der Waals surface area contributed by atoms with E-state index in [1.165, 1.54) is 32.1 Å². The van der Waals surface area contributed by atoms with Crippen LogP contribution in [-0.2, 0) is 4.79 Å². The Hall–Kier alpha value is -1.26. The molecule has 0 saturated carbocycles. The van der Waals surface area contributed by atoms with E-state index in [2.05, 4.69) is 12.1 Å². The Morgan fingerprint density at radius 1 is 1.10 bits per heavy atom. The zero-order valence-electron chi connectivity index (χ0n) is 14.0. The molecule has 1 amide bonds. The summed E-state index contributed by atoms with van der Waals surface area (Å²) in [6.45, 7) is 6.72. The molecule has 0 rings (SSSR count). The summed E-state index contributed by atoms with van der Waals surface area (Å²) in [5.74, 6) is 0.341. The first kappa shape index (κ1) is 19.7. The van der Waals surface area contributed by atoms with Gasteiger partial charge in [0.05, 0.1) is 0 Å². The number of amides is 1. The zero-order valence-corrected chi connectivity index (χ0v) is 14.0. The molecule has 124 valence electrons. The van der Waals surface area contributed by atoms with Crippen LogP contribution in [0.4, 0.5) is 0 Å². The molecule has 0 aromatic rings. The Kier molecular flexibility index (Phi) is 11.7. The summed E-state index contributed by atoms with van der Waals surface area (Å²) in [6, 6.07) is 0.147. The average Bonchev–Trinajstić information content (AvgIpc) is 2.45. The first-order chi connectivity index (χ1) is 10.0. The van der Waals surface area contributed by atoms with Crippen LogP contribution in [0.25, 0.3) is 0 Å². The Bertz CT molecular complexity index is 304. The van der Waals surface area contributed by atoms with Gasteiger partial charge in [-0.2, -0.15) is 0 Å². The normalized spacial score (nSPS) is 11.9. The number of hydrogen-bond donors (Lipinski definition) is 2. The summed E-state index contributed by atoms with van der Waals surface area (Å²) in [5, 5.41) is 11.5. The van der Waals surface area contributed by atoms with Gasteiger partial charge in [-0.15, -0.1) is 0 Å². The predicted octanol–water partition coefficient (Wildman–Crippen LogP) is 3.50. The van der Waals surface area contributed by atoms with Crippen LogP contribution in [0.15, 0.2) is 5.16 Å². The summed E-state index contributed by atoms with van der Waals surface area (Å²) in [6.07, 6.45) is 9.48. The molecule has 5 heteroatoms. The van der Waals surface area contributed by atoms with Gasteiger partial charge in [0.15, 0.2) is 0 Å². The Labute approximate surface area is 129 Å². The van der Waals surface area contributed by atoms with Crippen LogP contribution in [0.2, 0.25) is 0 Å². The summed E-state index contributed by atoms with van der Waals surface area (Å²) >= 11 is 0. The Morgan fingerprint density at radius 2 is 1.67 bits per heavy atom. The highest BCUT2D eigenvalue weighted by atomic mass is 16.4. The molecular formula is C16H33N3O2. The van der Waals surface area contributed by atoms with Crippen LogP contribution in [0, 0.1) is 0 Å². The second-order valence-electron chi connectivity index (χ2n) is 5.89. The van der Waals surface area contributed by atoms with Gasteiger partial charge in [-0.1, -0.05) is 50.6 Å². The quantitative estimate of drug-likeness (QED) is 0.190. The van der Waals surface area contributed by atoms with Gasteiger partial charge in [0.2, 0.25) is 5.91 Å². The molecule has 5 nitrogen and oxygen atoms in total. The number of nitrogens with zero attached hydrogens (tertiary/aromatic N) is 2. The highest BCUT2D eigenvalue weighted by Gasteiger charge is 2.16. The predicted molar refractivity (Wildman–Crippen MR) is 87.5 cm³/mol. The van der Waals surface area contributed by atoms with Gasteiger partial charge in [-0.25, -0.2) is 0 Å². The van der Waals surface area contributed by atoms with Crippen LogP contribution >= 0.6 is 0 Å². The highest BCUT2D eigenvalue weighted by molar-refractivity contribution is 5.81. The number of nitrogens with two attached hydrogens (primary N) is 1. The molecule has 0 bridgehead atoms. The van der Waals surface area contributed by atoms with Crippen molar-refractivity contribution in [2.24, 2.45) is 10.9 Å². The van der Waals surface area contributed by atoms with Gasteiger partial charge >= 0.3 is 0 Å². The number of carbonyl (C=O) groups excluding carboxylic acids is 1. The van der Waals surface area contributed by atoms with E-state index in [4.69, 9.17) is 10.9 Å². The maximum atomic E-state index is 12.2. The Morgan fingerprint density at radius 3 is 2.19 bits per heavy atom. The maximum absolute atomic E-state index is 12.2. The third-order valence-electron chi connectivity index (χ3n) is 3.68. The first-order valence-corrected chi connectivity index (χ1v) is 8.28. The molecule has 0 aliphatic heterocycles. The molecule has 0 radical (unpaired) electrons. The monoisotopic (exact) mass is 299 g/mol. The van der Waals surface area contributed by atoms with E-state index in [9.17, 15) is 4.79 Å². The van der Waals surface area contributed by atoms with Gasteiger partial charge < -0.3 is 15.8 Å². The standard InChI is InChI=1S/C16H33N3O2/c1-4-5-6-7-8-9-10-11-16(20)19(14(2)3)13-12-15(17)18-21/h14,21H,4-13H2,1-3H3,(H2,17,18). The maximum Gasteiger partial charge on any atom is 0.222 e. The molecule has 0 aromatic carbocycles. The third-order valence-corrected chi connectivity index (χ3v) is 3.68. The van der Waals surface area contributed by atoms with Crippen LogP contribution in [0.1, 0.15) is 78.6 Å². The Balaban J connectivity index is 3.91. The van der Waals surface area contributed by atoms with E-state index >= 15 is 0 Å². The van der Waals surface area contributed by atoms with Crippen molar-refractivity contribution in [1.82, 2.24) is 4.90 Å². The third kappa shape index (κ3) is 10.2. The van der Waals surface area contributed by atoms with Gasteiger partial charge in [-0.05, 0) is 20.3 Å². The molecule has 0 heterocycles. The van der Waals surface area contributed by atoms with Gasteiger partial charge in [0.1, 0.15) is 5.84 Å². The van der Waals surface area contributed by atoms with Crippen LogP contribution in [-0.4, -0.2) is 34.4 Å². The number of oxime groups is 1. The molecule has 0 aliphatic rings. The average molecular weight is 299 g/mol. The SMILES string of the molecule is CCCCCCCCCC(=O)N(CCC(N)=NO)C(C)C. The number of rotatable bonds is 12. The van der Waals surface area contributed by atoms with Crippen molar-refractivity contribution in [2.45, 2.75) is 84.6 Å². The lowest BCUT2D eigenvalue weighted by Gasteiger charge is -2.26. The fourth-order valence-electron chi connectivity index (χ4n) is 2.33. The minimum absolute atomic E-state index is 0.147. The first-order valence-electron chi connectivity index (χ1n) is 8.28. The lowest BCUT2D eigenvalue weighted by atomic mass is 10.1. The van der Waals surface area contributed by atoms with E-state index in [-0.39, 0.29) is 17.8 Å². The molecule has 0 atom stereocenters. The number of unbranched alkanes of at least 4 members (excludes halogenated alkanes) is 6. The lowest BCUT2D eigenvalue weighted by Crippen LogP contribution is -2.39. The lowest BCUT2D eigenvalue weighted by molar-refractivity contribution is -0.132. The second-order valence-corrected chi connectivity index (χ2v) is 5.89. The van der Waals surface area contributed by atoms with Crippen molar-refractivity contribution in [1.29, 1.82) is 0 Å². The molecule has 21 heavy (non-hydrogen) atoms. The van der Waals surface area contributed by atoms with Crippen molar-refractivity contribution in [2.75, 3.05) is 6.54 Å².